The minimum absolute atomic E-state index is 0.00178. The summed E-state index contributed by atoms with van der Waals surface area (Å²) >= 11 is 1.69. The Kier molecular flexibility index (Phi) is 6.34. The second-order valence-corrected chi connectivity index (χ2v) is 7.12. The molecular weight excluding hydrogens is 296 g/mol. The van der Waals surface area contributed by atoms with Gasteiger partial charge in [0.05, 0.1) is 27.9 Å². The summed E-state index contributed by atoms with van der Waals surface area (Å²) in [5, 5.41) is 13.3. The number of nitrogens with one attached hydrogen (secondary N) is 1. The summed E-state index contributed by atoms with van der Waals surface area (Å²) in [4.78, 5) is 16.5. The third kappa shape index (κ3) is 5.07. The minimum Gasteiger partial charge on any atom is -0.394 e. The number of aromatic nitrogens is 1. The molecule has 1 aromatic carbocycles. The van der Waals surface area contributed by atoms with E-state index in [1.165, 1.54) is 4.70 Å². The molecule has 0 aliphatic heterocycles. The summed E-state index contributed by atoms with van der Waals surface area (Å²) in [7, 11) is 0. The van der Waals surface area contributed by atoms with Crippen LogP contribution in [0.2, 0.25) is 0 Å². The van der Waals surface area contributed by atoms with Gasteiger partial charge in [-0.1, -0.05) is 26.0 Å². The lowest BCUT2D eigenvalue weighted by Crippen LogP contribution is -2.38. The van der Waals surface area contributed by atoms with Crippen LogP contribution >= 0.6 is 11.3 Å². The molecule has 1 unspecified atom stereocenters. The number of thiazole rings is 1. The number of rotatable bonds is 8. The van der Waals surface area contributed by atoms with Gasteiger partial charge in [-0.25, -0.2) is 4.98 Å². The molecule has 2 N–H and O–H groups in total. The predicted octanol–water partition coefficient (Wildman–Crippen LogP) is 3.14. The van der Waals surface area contributed by atoms with E-state index >= 15 is 0 Å². The molecule has 5 heteroatoms. The van der Waals surface area contributed by atoms with Crippen LogP contribution in [-0.4, -0.2) is 28.6 Å². The average Bonchev–Trinajstić information content (AvgIpc) is 2.88. The fourth-order valence-electron chi connectivity index (χ4n) is 2.48. The molecule has 1 amide bonds. The number of nitrogens with zero attached hydrogens (tertiary/aromatic N) is 1. The number of aryl methyl sites for hydroxylation is 1. The molecule has 0 saturated heterocycles. The summed E-state index contributed by atoms with van der Waals surface area (Å²) in [5.41, 5.74) is 1.03. The first-order chi connectivity index (χ1) is 10.6. The van der Waals surface area contributed by atoms with Crippen LogP contribution in [-0.2, 0) is 11.2 Å². The molecule has 0 fully saturated rings. The molecule has 0 aliphatic carbocycles. The Morgan fingerprint density at radius 1 is 1.36 bits per heavy atom. The molecule has 120 valence electrons. The predicted molar refractivity (Wildman–Crippen MR) is 91.0 cm³/mol. The second-order valence-electron chi connectivity index (χ2n) is 6.01. The van der Waals surface area contributed by atoms with E-state index in [0.29, 0.717) is 12.3 Å². The summed E-state index contributed by atoms with van der Waals surface area (Å²) in [6.07, 6.45) is 2.89. The number of hydrogen-bond acceptors (Lipinski definition) is 4. The highest BCUT2D eigenvalue weighted by Gasteiger charge is 2.13. The van der Waals surface area contributed by atoms with Gasteiger partial charge in [0.2, 0.25) is 5.91 Å². The second kappa shape index (κ2) is 8.25. The number of benzene rings is 1. The Labute approximate surface area is 135 Å². The molecule has 4 nitrogen and oxygen atoms in total. The Bertz CT molecular complexity index is 576. The van der Waals surface area contributed by atoms with Crippen molar-refractivity contribution >= 4 is 27.5 Å². The summed E-state index contributed by atoms with van der Waals surface area (Å²) in [6.45, 7) is 4.17. The molecule has 1 atom stereocenters. The maximum Gasteiger partial charge on any atom is 0.220 e. The van der Waals surface area contributed by atoms with Gasteiger partial charge in [-0.05, 0) is 37.3 Å². The first-order valence-electron chi connectivity index (χ1n) is 7.83. The van der Waals surface area contributed by atoms with Gasteiger partial charge in [-0.2, -0.15) is 0 Å². The van der Waals surface area contributed by atoms with Crippen LogP contribution in [0.25, 0.3) is 10.2 Å². The molecule has 0 saturated carbocycles. The van der Waals surface area contributed by atoms with Crippen molar-refractivity contribution in [3.63, 3.8) is 0 Å². The quantitative estimate of drug-likeness (QED) is 0.785. The Morgan fingerprint density at radius 2 is 2.14 bits per heavy atom. The zero-order chi connectivity index (χ0) is 15.9. The number of para-hydroxylation sites is 1. The normalized spacial score (nSPS) is 12.7. The summed E-state index contributed by atoms with van der Waals surface area (Å²) in [5.74, 6) is 0.473. The zero-order valence-electron chi connectivity index (χ0n) is 13.2. The molecule has 1 aromatic heterocycles. The van der Waals surface area contributed by atoms with Gasteiger partial charge in [0.25, 0.3) is 0 Å². The van der Waals surface area contributed by atoms with Gasteiger partial charge in [0, 0.05) is 6.42 Å². The Hall–Kier alpha value is -1.46. The highest BCUT2D eigenvalue weighted by Crippen LogP contribution is 2.22. The van der Waals surface area contributed by atoms with E-state index in [0.717, 1.165) is 29.8 Å². The van der Waals surface area contributed by atoms with Crippen molar-refractivity contribution in [3.05, 3.63) is 29.3 Å². The maximum atomic E-state index is 11.9. The molecule has 0 aliphatic rings. The topological polar surface area (TPSA) is 62.2 Å². The van der Waals surface area contributed by atoms with Crippen molar-refractivity contribution in [2.75, 3.05) is 6.61 Å². The monoisotopic (exact) mass is 320 g/mol. The van der Waals surface area contributed by atoms with E-state index in [9.17, 15) is 9.90 Å². The van der Waals surface area contributed by atoms with Crippen molar-refractivity contribution in [1.29, 1.82) is 0 Å². The van der Waals surface area contributed by atoms with Gasteiger partial charge < -0.3 is 10.4 Å². The van der Waals surface area contributed by atoms with Gasteiger partial charge in [0.15, 0.2) is 0 Å². The highest BCUT2D eigenvalue weighted by atomic mass is 32.1. The first-order valence-corrected chi connectivity index (χ1v) is 8.64. The molecule has 2 aromatic rings. The zero-order valence-corrected chi connectivity index (χ0v) is 14.0. The van der Waals surface area contributed by atoms with Crippen molar-refractivity contribution in [2.45, 2.75) is 45.6 Å². The van der Waals surface area contributed by atoms with E-state index in [4.69, 9.17) is 0 Å². The largest absolute Gasteiger partial charge is 0.394 e. The van der Waals surface area contributed by atoms with E-state index < -0.39 is 0 Å². The fourth-order valence-corrected chi connectivity index (χ4v) is 3.48. The smallest absolute Gasteiger partial charge is 0.220 e. The molecule has 2 rings (SSSR count). The van der Waals surface area contributed by atoms with E-state index in [1.54, 1.807) is 11.3 Å². The van der Waals surface area contributed by atoms with E-state index in [-0.39, 0.29) is 18.6 Å². The minimum atomic E-state index is -0.130. The SMILES string of the molecule is CC(C)CC(CO)NC(=O)CCCc1nc2ccccc2s1. The molecule has 0 bridgehead atoms. The van der Waals surface area contributed by atoms with E-state index in [2.05, 4.69) is 30.2 Å². The molecular formula is C17H24N2O2S. The number of aliphatic hydroxyl groups is 1. The van der Waals surface area contributed by atoms with Gasteiger partial charge in [0.1, 0.15) is 0 Å². The molecule has 22 heavy (non-hydrogen) atoms. The van der Waals surface area contributed by atoms with Crippen LogP contribution in [0.4, 0.5) is 0 Å². The van der Waals surface area contributed by atoms with Crippen molar-refractivity contribution in [3.8, 4) is 0 Å². The Balaban J connectivity index is 1.76. The molecule has 1 heterocycles. The number of amides is 1. The number of fused-ring (bicyclic) bond motifs is 1. The van der Waals surface area contributed by atoms with Crippen LogP contribution in [0.5, 0.6) is 0 Å². The average molecular weight is 320 g/mol. The standard InChI is InChI=1S/C17H24N2O2S/c1-12(2)10-13(11-20)18-16(21)8-5-9-17-19-14-6-3-4-7-15(14)22-17/h3-4,6-7,12-13,20H,5,8-11H2,1-2H3,(H,18,21). The highest BCUT2D eigenvalue weighted by molar-refractivity contribution is 7.18. The fraction of sp³-hybridized carbons (Fsp3) is 0.529. The van der Waals surface area contributed by atoms with Crippen LogP contribution < -0.4 is 5.32 Å². The number of aliphatic hydroxyl groups excluding tert-OH is 1. The maximum absolute atomic E-state index is 11.9. The summed E-state index contributed by atoms with van der Waals surface area (Å²) < 4.78 is 1.19. The van der Waals surface area contributed by atoms with Gasteiger partial charge in [-0.15, -0.1) is 11.3 Å². The lowest BCUT2D eigenvalue weighted by molar-refractivity contribution is -0.122. The number of carbonyl (C=O) groups excluding carboxylic acids is 1. The van der Waals surface area contributed by atoms with Gasteiger partial charge in [-0.3, -0.25) is 4.79 Å². The Morgan fingerprint density at radius 3 is 2.82 bits per heavy atom. The lowest BCUT2D eigenvalue weighted by atomic mass is 10.0. The van der Waals surface area contributed by atoms with Crippen molar-refractivity contribution < 1.29 is 9.90 Å². The number of carbonyl (C=O) groups is 1. The van der Waals surface area contributed by atoms with Crippen LogP contribution in [0, 0.1) is 5.92 Å². The van der Waals surface area contributed by atoms with Crippen LogP contribution in [0.15, 0.2) is 24.3 Å². The lowest BCUT2D eigenvalue weighted by Gasteiger charge is -2.18. The first kappa shape index (κ1) is 16.9. The number of hydrogen-bond donors (Lipinski definition) is 2. The van der Waals surface area contributed by atoms with Crippen LogP contribution in [0.1, 0.15) is 38.1 Å². The third-order valence-electron chi connectivity index (χ3n) is 3.47. The van der Waals surface area contributed by atoms with Gasteiger partial charge >= 0.3 is 0 Å². The molecule has 0 radical (unpaired) electrons. The molecule has 0 spiro atoms. The van der Waals surface area contributed by atoms with Crippen LogP contribution in [0.3, 0.4) is 0 Å². The van der Waals surface area contributed by atoms with E-state index in [1.807, 2.05) is 18.2 Å². The third-order valence-corrected chi connectivity index (χ3v) is 4.57. The summed E-state index contributed by atoms with van der Waals surface area (Å²) in [6, 6.07) is 7.96. The van der Waals surface area contributed by atoms with Crippen molar-refractivity contribution in [2.24, 2.45) is 5.92 Å². The van der Waals surface area contributed by atoms with Crippen molar-refractivity contribution in [1.82, 2.24) is 10.3 Å².